The molecule has 0 saturated heterocycles. The SMILES string of the molecule is CCCCCCCCC(CCCCCC)COc1c2cc(-c3cc4c5c(c(C)cc4c4c3=NC(C)(C)N=4)=NC(C)(C)N=5)sc2c(OCC(CCCCCC)CCCCCCCC)c2cc(C)sc12. The molecule has 2 aliphatic heterocycles. The van der Waals surface area contributed by atoms with Gasteiger partial charge in [0.25, 0.3) is 0 Å². The molecule has 0 amide bonds. The molecule has 6 nitrogen and oxygen atoms in total. The number of ether oxygens (including phenoxy) is 2. The Hall–Kier alpha value is -3.36. The van der Waals surface area contributed by atoms with Gasteiger partial charge in [-0.25, -0.2) is 0 Å². The Morgan fingerprint density at radius 2 is 0.838 bits per heavy atom. The van der Waals surface area contributed by atoms with Gasteiger partial charge in [0.15, 0.2) is 0 Å². The minimum atomic E-state index is -0.567. The summed E-state index contributed by atoms with van der Waals surface area (Å²) in [5.74, 6) is 3.17. The van der Waals surface area contributed by atoms with Crippen molar-refractivity contribution in [2.75, 3.05) is 13.2 Å². The normalized spacial score (nSPS) is 15.6. The molecule has 372 valence electrons. The second-order valence-electron chi connectivity index (χ2n) is 21.8. The van der Waals surface area contributed by atoms with Crippen LogP contribution < -0.4 is 30.9 Å². The maximum absolute atomic E-state index is 7.34. The van der Waals surface area contributed by atoms with Gasteiger partial charge >= 0.3 is 0 Å². The predicted molar refractivity (Wildman–Crippen MR) is 294 cm³/mol. The van der Waals surface area contributed by atoms with Crippen LogP contribution in [0.2, 0.25) is 0 Å². The molecular formula is C60H88N4O2S2. The van der Waals surface area contributed by atoms with Crippen molar-refractivity contribution in [2.45, 2.75) is 235 Å². The molecule has 0 spiro atoms. The molecule has 0 bridgehead atoms. The average Bonchev–Trinajstić information content (AvgIpc) is 4.08. The fourth-order valence-electron chi connectivity index (χ4n) is 10.8. The lowest BCUT2D eigenvalue weighted by Gasteiger charge is -2.21. The maximum Gasteiger partial charge on any atom is 0.146 e. The zero-order chi connectivity index (χ0) is 48.3. The van der Waals surface area contributed by atoms with Gasteiger partial charge in [0.05, 0.1) is 44.0 Å². The Labute approximate surface area is 418 Å². The molecule has 2 atom stereocenters. The minimum Gasteiger partial charge on any atom is -0.491 e. The van der Waals surface area contributed by atoms with E-state index in [1.807, 2.05) is 22.7 Å². The molecule has 0 radical (unpaired) electrons. The monoisotopic (exact) mass is 961 g/mol. The largest absolute Gasteiger partial charge is 0.491 e. The van der Waals surface area contributed by atoms with Crippen LogP contribution in [0.15, 0.2) is 44.2 Å². The van der Waals surface area contributed by atoms with Crippen LogP contribution in [0.25, 0.3) is 41.4 Å². The van der Waals surface area contributed by atoms with E-state index in [9.17, 15) is 0 Å². The van der Waals surface area contributed by atoms with Crippen LogP contribution in [-0.2, 0) is 0 Å². The number of aryl methyl sites for hydroxylation is 2. The van der Waals surface area contributed by atoms with Gasteiger partial charge in [0, 0.05) is 36.9 Å². The highest BCUT2D eigenvalue weighted by atomic mass is 32.1. The summed E-state index contributed by atoms with van der Waals surface area (Å²) in [7, 11) is 0. The van der Waals surface area contributed by atoms with E-state index in [-0.39, 0.29) is 0 Å². The Bertz CT molecular complexity index is 2620. The van der Waals surface area contributed by atoms with Crippen LogP contribution >= 0.6 is 22.7 Å². The zero-order valence-electron chi connectivity index (χ0n) is 44.3. The quantitative estimate of drug-likeness (QED) is 0.0415. The van der Waals surface area contributed by atoms with Gasteiger partial charge in [-0.05, 0) is 109 Å². The highest BCUT2D eigenvalue weighted by molar-refractivity contribution is 7.23. The van der Waals surface area contributed by atoms with E-state index in [1.165, 1.54) is 184 Å². The van der Waals surface area contributed by atoms with Crippen molar-refractivity contribution in [3.8, 4) is 21.9 Å². The molecule has 4 heterocycles. The van der Waals surface area contributed by atoms with Crippen molar-refractivity contribution >= 4 is 53.6 Å². The first-order valence-electron chi connectivity index (χ1n) is 27.7. The van der Waals surface area contributed by atoms with Crippen molar-refractivity contribution in [1.82, 2.24) is 0 Å². The summed E-state index contributed by atoms with van der Waals surface area (Å²) in [5, 5.41) is 8.52. The fourth-order valence-corrected chi connectivity index (χ4v) is 13.0. The first-order valence-corrected chi connectivity index (χ1v) is 29.3. The summed E-state index contributed by atoms with van der Waals surface area (Å²) in [6.07, 6.45) is 31.3. The molecule has 8 heteroatoms. The number of benzene rings is 3. The van der Waals surface area contributed by atoms with E-state index < -0.39 is 11.3 Å². The molecule has 0 N–H and O–H groups in total. The molecule has 0 saturated carbocycles. The van der Waals surface area contributed by atoms with Gasteiger partial charge in [0.2, 0.25) is 0 Å². The minimum absolute atomic E-state index is 0.507. The summed E-state index contributed by atoms with van der Waals surface area (Å²) in [6, 6.07) is 9.42. The lowest BCUT2D eigenvalue weighted by Crippen LogP contribution is -2.32. The predicted octanol–water partition coefficient (Wildman–Crippen LogP) is 17.0. The number of nitrogens with zero attached hydrogens (tertiary/aromatic N) is 4. The molecule has 2 aliphatic rings. The zero-order valence-corrected chi connectivity index (χ0v) is 45.9. The summed E-state index contributed by atoms with van der Waals surface area (Å²) in [6.45, 7) is 23.6. The van der Waals surface area contributed by atoms with Crippen molar-refractivity contribution in [1.29, 1.82) is 0 Å². The third-order valence-electron chi connectivity index (χ3n) is 14.6. The smallest absolute Gasteiger partial charge is 0.146 e. The van der Waals surface area contributed by atoms with Gasteiger partial charge < -0.3 is 9.47 Å². The molecule has 0 aliphatic carbocycles. The van der Waals surface area contributed by atoms with Gasteiger partial charge in [-0.1, -0.05) is 156 Å². The average molecular weight is 962 g/mol. The highest BCUT2D eigenvalue weighted by Crippen LogP contribution is 2.51. The molecule has 7 rings (SSSR count). The summed E-state index contributed by atoms with van der Waals surface area (Å²) >= 11 is 3.73. The van der Waals surface area contributed by atoms with Crippen molar-refractivity contribution in [3.05, 3.63) is 56.1 Å². The molecule has 5 aromatic rings. The first-order chi connectivity index (χ1) is 32.9. The summed E-state index contributed by atoms with van der Waals surface area (Å²) in [4.78, 5) is 23.5. The van der Waals surface area contributed by atoms with Crippen LogP contribution in [0, 0.1) is 25.7 Å². The summed E-state index contributed by atoms with van der Waals surface area (Å²) < 4.78 is 17.1. The van der Waals surface area contributed by atoms with Crippen LogP contribution in [0.5, 0.6) is 11.5 Å². The van der Waals surface area contributed by atoms with Crippen LogP contribution in [0.4, 0.5) is 0 Å². The van der Waals surface area contributed by atoms with E-state index in [2.05, 4.69) is 93.5 Å². The summed E-state index contributed by atoms with van der Waals surface area (Å²) in [5.41, 5.74) is 1.17. The van der Waals surface area contributed by atoms with E-state index in [0.29, 0.717) is 11.8 Å². The Morgan fingerprint density at radius 1 is 0.441 bits per heavy atom. The van der Waals surface area contributed by atoms with Crippen molar-refractivity contribution < 1.29 is 9.47 Å². The molecule has 0 fully saturated rings. The second kappa shape index (κ2) is 24.7. The van der Waals surface area contributed by atoms with Gasteiger partial charge in [-0.15, -0.1) is 22.7 Å². The first kappa shape index (κ1) is 52.5. The van der Waals surface area contributed by atoms with Gasteiger partial charge in [0.1, 0.15) is 22.8 Å². The van der Waals surface area contributed by atoms with Crippen molar-refractivity contribution in [3.63, 3.8) is 0 Å². The Morgan fingerprint density at radius 3 is 1.35 bits per heavy atom. The number of thiophene rings is 2. The lowest BCUT2D eigenvalue weighted by atomic mass is 9.95. The number of rotatable bonds is 31. The lowest BCUT2D eigenvalue weighted by molar-refractivity contribution is 0.226. The van der Waals surface area contributed by atoms with Crippen molar-refractivity contribution in [2.24, 2.45) is 31.8 Å². The number of fused-ring (bicyclic) bond motifs is 7. The van der Waals surface area contributed by atoms with Crippen LogP contribution in [0.3, 0.4) is 0 Å². The Kier molecular flexibility index (Phi) is 19.0. The second-order valence-corrected chi connectivity index (χ2v) is 24.1. The number of hydrogen-bond acceptors (Lipinski definition) is 8. The molecule has 2 aromatic heterocycles. The maximum atomic E-state index is 7.34. The number of unbranched alkanes of at least 4 members (excludes halogenated alkanes) is 16. The van der Waals surface area contributed by atoms with Gasteiger partial charge in [-0.3, -0.25) is 20.0 Å². The highest BCUT2D eigenvalue weighted by Gasteiger charge is 2.29. The molecule has 3 aromatic carbocycles. The third kappa shape index (κ3) is 13.1. The number of hydrogen-bond donors (Lipinski definition) is 0. The Balaban J connectivity index is 1.33. The third-order valence-corrected chi connectivity index (χ3v) is 16.8. The van der Waals surface area contributed by atoms with E-state index >= 15 is 0 Å². The van der Waals surface area contributed by atoms with E-state index in [4.69, 9.17) is 29.4 Å². The fraction of sp³-hybridized carbons (Fsp3) is 0.667. The molecule has 68 heavy (non-hydrogen) atoms. The van der Waals surface area contributed by atoms with Crippen LogP contribution in [-0.4, -0.2) is 24.5 Å². The standard InChI is InChI=1S/C60H88N4O2S2/c1-11-15-19-23-25-29-33-43(31-27-21-17-13-3)39-65-55-48-36-42(6)67-57(48)56(66-40-44(32-28-22-18-14-4)34-30-26-24-20-16-12-2)49-38-50(68-58(49)55)47-37-46-45(53-54(47)64-60(9,10)63-53)35-41(5)51-52(46)62-59(7,8)61-51/h35-38,43-44H,11-34,39-40H2,1-10H3. The topological polar surface area (TPSA) is 67.9 Å². The van der Waals surface area contributed by atoms with E-state index in [0.717, 1.165) is 68.0 Å². The molecular weight excluding hydrogens is 873 g/mol. The van der Waals surface area contributed by atoms with Gasteiger partial charge in [-0.2, -0.15) is 0 Å². The van der Waals surface area contributed by atoms with Crippen LogP contribution in [0.1, 0.15) is 220 Å². The van der Waals surface area contributed by atoms with E-state index in [1.54, 1.807) is 0 Å². The molecule has 2 unspecified atom stereocenters.